The van der Waals surface area contributed by atoms with E-state index in [2.05, 4.69) is 0 Å². The number of hydrogen-bond donors (Lipinski definition) is 0. The Kier molecular flexibility index (Phi) is 43700. The van der Waals surface area contributed by atoms with Gasteiger partial charge in [0.15, 0.2) is 0 Å². The fourth-order valence-corrected chi connectivity index (χ4v) is 0. The van der Waals surface area contributed by atoms with Gasteiger partial charge >= 0.3 is 18.6 Å². The minimum atomic E-state index is 0. The maximum Gasteiger partial charge on any atom is 2.00 e. The summed E-state index contributed by atoms with van der Waals surface area (Å²) in [6.07, 6.45) is 0. The molecule has 0 bridgehead atoms. The van der Waals surface area contributed by atoms with E-state index in [9.17, 15) is 0 Å². The van der Waals surface area contributed by atoms with Crippen molar-refractivity contribution in [2.24, 2.45) is 0 Å². The minimum Gasteiger partial charge on any atom is -0.693 e. The SMILES string of the molecule is C.C.C.[CH3-].[NH2-].[V+2]. The maximum absolute atomic E-state index is 0. The van der Waals surface area contributed by atoms with Crippen LogP contribution < -0.4 is 0 Å². The first-order valence-electron chi connectivity index (χ1n) is 0. The second-order valence-corrected chi connectivity index (χ2v) is 0. The van der Waals surface area contributed by atoms with Crippen LogP contribution in [0.5, 0.6) is 0 Å². The van der Waals surface area contributed by atoms with Crippen molar-refractivity contribution in [3.8, 4) is 0 Å². The van der Waals surface area contributed by atoms with E-state index in [1.54, 1.807) is 0 Å². The molecule has 0 heterocycles. The van der Waals surface area contributed by atoms with E-state index in [0.717, 1.165) is 0 Å². The minimum absolute atomic E-state index is 0. The van der Waals surface area contributed by atoms with Crippen LogP contribution in [0.15, 0.2) is 0 Å². The molecular weight excluding hydrogens is 113 g/mol. The Morgan fingerprint density at radius 2 is 0.667 bits per heavy atom. The van der Waals surface area contributed by atoms with Gasteiger partial charge in [-0.2, -0.15) is 0 Å². The van der Waals surface area contributed by atoms with Crippen LogP contribution in [0.4, 0.5) is 0 Å². The molecule has 0 saturated carbocycles. The first kappa shape index (κ1) is 679. The average Bonchev–Trinajstić information content (AvgIpc) is 0. The van der Waals surface area contributed by atoms with Crippen molar-refractivity contribution in [2.45, 2.75) is 22.3 Å². The van der Waals surface area contributed by atoms with Gasteiger partial charge in [0.25, 0.3) is 0 Å². The summed E-state index contributed by atoms with van der Waals surface area (Å²) in [6, 6.07) is 0. The van der Waals surface area contributed by atoms with Crippen LogP contribution in [0.25, 0.3) is 6.15 Å². The predicted octanol–water partition coefficient (Wildman–Crippen LogP) is 3.07. The van der Waals surface area contributed by atoms with Gasteiger partial charge in [-0.15, -0.1) is 0 Å². The Labute approximate surface area is 55.0 Å². The third kappa shape index (κ3) is 193. The average molecular weight is 130 g/mol. The summed E-state index contributed by atoms with van der Waals surface area (Å²) < 4.78 is 0. The van der Waals surface area contributed by atoms with Crippen LogP contribution in [0.2, 0.25) is 0 Å². The molecule has 0 saturated heterocycles. The normalized spacial score (nSPS) is 0. The summed E-state index contributed by atoms with van der Waals surface area (Å²) in [5, 5.41) is 0. The van der Waals surface area contributed by atoms with Crippen molar-refractivity contribution in [2.75, 3.05) is 0 Å². The first-order valence-corrected chi connectivity index (χ1v) is 0. The molecule has 0 rings (SSSR count). The van der Waals surface area contributed by atoms with E-state index in [-0.39, 0.29) is 54.4 Å². The Morgan fingerprint density at radius 1 is 0.667 bits per heavy atom. The molecule has 0 aliphatic carbocycles. The zero-order valence-corrected chi connectivity index (χ0v) is 3.42. The topological polar surface area (TPSA) is 33.5 Å². The largest absolute Gasteiger partial charge is 2.00 e. The molecule has 0 aromatic carbocycles. The summed E-state index contributed by atoms with van der Waals surface area (Å²) in [7, 11) is 0. The van der Waals surface area contributed by atoms with Gasteiger partial charge in [-0.3, -0.25) is 0 Å². The molecule has 0 unspecified atom stereocenters. The summed E-state index contributed by atoms with van der Waals surface area (Å²) >= 11 is 0. The molecule has 2 heteroatoms. The zero-order chi connectivity index (χ0) is 0. The van der Waals surface area contributed by atoms with Crippen LogP contribution in [0.3, 0.4) is 0 Å². The van der Waals surface area contributed by atoms with Crippen molar-refractivity contribution in [3.63, 3.8) is 0 Å². The maximum atomic E-state index is 0. The molecule has 0 atom stereocenters. The molecular formula is C4H17NV. The first-order chi connectivity index (χ1) is 0. The van der Waals surface area contributed by atoms with Gasteiger partial charge in [0.1, 0.15) is 0 Å². The standard InChI is InChI=1S/3CH4.CH3.H2N.V/h3*1H4;1H3;1H2;/q;;;2*-1;+2. The quantitative estimate of drug-likeness (QED) is 0.451. The second kappa shape index (κ2) is 386. The Balaban J connectivity index is 0. The molecule has 0 aromatic rings. The predicted molar refractivity (Wildman–Crippen MR) is 31.9 cm³/mol. The third-order valence-corrected chi connectivity index (χ3v) is 0. The van der Waals surface area contributed by atoms with Crippen molar-refractivity contribution < 1.29 is 18.6 Å². The van der Waals surface area contributed by atoms with E-state index in [1.165, 1.54) is 0 Å². The summed E-state index contributed by atoms with van der Waals surface area (Å²) in [5.74, 6) is 0. The van der Waals surface area contributed by atoms with Crippen LogP contribution in [-0.2, 0) is 18.6 Å². The van der Waals surface area contributed by atoms with Crippen LogP contribution >= 0.6 is 0 Å². The summed E-state index contributed by atoms with van der Waals surface area (Å²) in [6.45, 7) is 0. The molecule has 2 N–H and O–H groups in total. The molecule has 0 spiro atoms. The second-order valence-electron chi connectivity index (χ2n) is 0. The third-order valence-electron chi connectivity index (χ3n) is 0. The van der Waals surface area contributed by atoms with Gasteiger partial charge in [-0.05, 0) is 0 Å². The monoisotopic (exact) mass is 130 g/mol. The van der Waals surface area contributed by atoms with Crippen molar-refractivity contribution in [1.29, 1.82) is 0 Å². The van der Waals surface area contributed by atoms with Crippen LogP contribution in [0, 0.1) is 7.43 Å². The van der Waals surface area contributed by atoms with E-state index in [1.807, 2.05) is 0 Å². The van der Waals surface area contributed by atoms with E-state index < -0.39 is 0 Å². The van der Waals surface area contributed by atoms with Crippen molar-refractivity contribution in [3.05, 3.63) is 13.6 Å². The zero-order valence-electron chi connectivity index (χ0n) is 2.02. The summed E-state index contributed by atoms with van der Waals surface area (Å²) in [5.41, 5.74) is 0. The number of rotatable bonds is 0. The van der Waals surface area contributed by atoms with Gasteiger partial charge in [-0.25, -0.2) is 0 Å². The van der Waals surface area contributed by atoms with Gasteiger partial charge < -0.3 is 13.6 Å². The van der Waals surface area contributed by atoms with Crippen LogP contribution in [-0.4, -0.2) is 0 Å². The molecule has 0 aliphatic heterocycles. The van der Waals surface area contributed by atoms with Gasteiger partial charge in [0, 0.05) is 0 Å². The van der Waals surface area contributed by atoms with Crippen LogP contribution in [0.1, 0.15) is 22.3 Å². The molecule has 43 valence electrons. The smallest absolute Gasteiger partial charge is 0.693 e. The molecule has 6 heavy (non-hydrogen) atoms. The molecule has 0 aliphatic rings. The van der Waals surface area contributed by atoms with E-state index in [4.69, 9.17) is 0 Å². The van der Waals surface area contributed by atoms with E-state index >= 15 is 0 Å². The fraction of sp³-hybridized carbons (Fsp3) is 0.750. The molecule has 1 nitrogen and oxygen atoms in total. The number of hydrogen-bond acceptors (Lipinski definition) is 0. The van der Waals surface area contributed by atoms with Gasteiger partial charge in [0.2, 0.25) is 0 Å². The molecule has 1 radical (unpaired) electrons. The fourth-order valence-electron chi connectivity index (χ4n) is 0. The van der Waals surface area contributed by atoms with Gasteiger partial charge in [0.05, 0.1) is 0 Å². The van der Waals surface area contributed by atoms with E-state index in [0.29, 0.717) is 0 Å². The van der Waals surface area contributed by atoms with Gasteiger partial charge in [-0.1, -0.05) is 22.3 Å². The van der Waals surface area contributed by atoms with Crippen molar-refractivity contribution in [1.82, 2.24) is 0 Å². The Morgan fingerprint density at radius 3 is 0.667 bits per heavy atom. The van der Waals surface area contributed by atoms with Crippen molar-refractivity contribution >= 4 is 0 Å². The summed E-state index contributed by atoms with van der Waals surface area (Å²) in [4.78, 5) is 0. The molecule has 0 amide bonds. The molecule has 0 fully saturated rings. The Bertz CT molecular complexity index is 7.51. The number of nitrogens with two attached hydrogens (primary N) is 1. The molecule has 0 aromatic heterocycles. The Hall–Kier alpha value is 0.544.